The number of hydrogen-bond acceptors (Lipinski definition) is 4. The molecule has 0 aliphatic heterocycles. The summed E-state index contributed by atoms with van der Waals surface area (Å²) in [6.45, 7) is 4.24. The van der Waals surface area contributed by atoms with Gasteiger partial charge in [0.25, 0.3) is 0 Å². The van der Waals surface area contributed by atoms with Crippen molar-refractivity contribution >= 4 is 29.0 Å². The molecular weight excluding hydrogens is 394 g/mol. The van der Waals surface area contributed by atoms with Crippen LogP contribution in [0.25, 0.3) is 0 Å². The Morgan fingerprint density at radius 3 is 2.03 bits per heavy atom. The molecule has 0 saturated heterocycles. The number of aryl methyl sites for hydroxylation is 2. The predicted octanol–water partition coefficient (Wildman–Crippen LogP) is 6.50. The van der Waals surface area contributed by atoms with Crippen molar-refractivity contribution < 1.29 is 0 Å². The second-order valence-electron chi connectivity index (χ2n) is 9.50. The summed E-state index contributed by atoms with van der Waals surface area (Å²) in [5, 5.41) is 3.51. The number of benzene rings is 2. The van der Waals surface area contributed by atoms with Gasteiger partial charge in [0, 0.05) is 38.7 Å². The molecule has 1 aliphatic carbocycles. The van der Waals surface area contributed by atoms with Gasteiger partial charge in [-0.2, -0.15) is 9.97 Å². The first-order chi connectivity index (χ1) is 15.4. The molecule has 1 atom stereocenters. The van der Waals surface area contributed by atoms with Gasteiger partial charge in [-0.05, 0) is 51.0 Å². The van der Waals surface area contributed by atoms with E-state index < -0.39 is 0 Å². The molecule has 4 rings (SSSR count). The highest BCUT2D eigenvalue weighted by Crippen LogP contribution is 2.40. The summed E-state index contributed by atoms with van der Waals surface area (Å²) in [4.78, 5) is 12.2. The monoisotopic (exact) mass is 430 g/mol. The molecular formula is C27H36N5+. The van der Waals surface area contributed by atoms with E-state index in [4.69, 9.17) is 9.97 Å². The molecule has 1 unspecified atom stereocenters. The fourth-order valence-electron chi connectivity index (χ4n) is 4.65. The lowest BCUT2D eigenvalue weighted by molar-refractivity contribution is 0.251. The van der Waals surface area contributed by atoms with Gasteiger partial charge in [-0.25, -0.2) is 4.48 Å². The Balaban J connectivity index is 1.82. The molecule has 0 radical (unpaired) electrons. The van der Waals surface area contributed by atoms with Crippen molar-refractivity contribution in [2.24, 2.45) is 0 Å². The molecule has 0 spiro atoms. The Kier molecular flexibility index (Phi) is 6.47. The number of nitrogens with one attached hydrogen (secondary N) is 1. The van der Waals surface area contributed by atoms with Crippen LogP contribution >= 0.6 is 0 Å². The minimum atomic E-state index is 0.469. The minimum absolute atomic E-state index is 0.469. The first kappa shape index (κ1) is 22.3. The third-order valence-corrected chi connectivity index (χ3v) is 6.77. The zero-order chi connectivity index (χ0) is 22.7. The van der Waals surface area contributed by atoms with E-state index >= 15 is 0 Å². The molecule has 3 aromatic rings. The minimum Gasteiger partial charge on any atom is -0.362 e. The lowest BCUT2D eigenvalue weighted by Gasteiger charge is -2.40. The summed E-state index contributed by atoms with van der Waals surface area (Å²) < 4.78 is 0.630. The van der Waals surface area contributed by atoms with Crippen molar-refractivity contribution in [3.8, 4) is 0 Å². The molecule has 1 N–H and O–H groups in total. The molecule has 1 saturated carbocycles. The lowest BCUT2D eigenvalue weighted by Crippen LogP contribution is -2.51. The zero-order valence-corrected chi connectivity index (χ0v) is 20.1. The van der Waals surface area contributed by atoms with E-state index in [9.17, 15) is 0 Å². The van der Waals surface area contributed by atoms with Crippen molar-refractivity contribution in [1.29, 1.82) is 0 Å². The van der Waals surface area contributed by atoms with Gasteiger partial charge < -0.3 is 10.2 Å². The summed E-state index contributed by atoms with van der Waals surface area (Å²) in [6.07, 6.45) is 6.25. The molecule has 1 aliphatic rings. The van der Waals surface area contributed by atoms with Crippen molar-refractivity contribution in [3.05, 3.63) is 65.7 Å². The van der Waals surface area contributed by atoms with Crippen molar-refractivity contribution in [2.45, 2.75) is 52.0 Å². The van der Waals surface area contributed by atoms with Crippen LogP contribution < -0.4 is 14.7 Å². The average molecular weight is 431 g/mol. The molecule has 1 aromatic heterocycles. The quantitative estimate of drug-likeness (QED) is 0.453. The highest BCUT2D eigenvalue weighted by Gasteiger charge is 2.41. The maximum atomic E-state index is 5.10. The van der Waals surface area contributed by atoms with Crippen LogP contribution in [0.2, 0.25) is 0 Å². The largest absolute Gasteiger partial charge is 0.362 e. The van der Waals surface area contributed by atoms with Gasteiger partial charge in [0.05, 0.1) is 7.05 Å². The van der Waals surface area contributed by atoms with Crippen LogP contribution in [-0.2, 0) is 0 Å². The topological polar surface area (TPSA) is 41.0 Å². The van der Waals surface area contributed by atoms with E-state index in [1.807, 2.05) is 20.2 Å². The highest BCUT2D eigenvalue weighted by atomic mass is 15.4. The van der Waals surface area contributed by atoms with Crippen LogP contribution in [0.15, 0.2) is 54.6 Å². The second-order valence-corrected chi connectivity index (χ2v) is 9.50. The van der Waals surface area contributed by atoms with Crippen LogP contribution in [-0.4, -0.2) is 37.2 Å². The maximum absolute atomic E-state index is 5.10. The number of quaternary nitrogens is 1. The normalized spacial score (nSPS) is 16.4. The first-order valence-corrected chi connectivity index (χ1v) is 11.7. The Hall–Kier alpha value is -2.92. The molecule has 0 amide bonds. The summed E-state index contributed by atoms with van der Waals surface area (Å²) >= 11 is 0. The lowest BCUT2D eigenvalue weighted by atomic mass is 9.92. The van der Waals surface area contributed by atoms with Crippen LogP contribution in [0.1, 0.15) is 43.2 Å². The van der Waals surface area contributed by atoms with Crippen LogP contribution in [0.5, 0.6) is 0 Å². The fraction of sp³-hybridized carbons (Fsp3) is 0.407. The van der Waals surface area contributed by atoms with Gasteiger partial charge in [-0.1, -0.05) is 41.8 Å². The number of nitrogens with zero attached hydrogens (tertiary/aromatic N) is 4. The van der Waals surface area contributed by atoms with Gasteiger partial charge >= 0.3 is 5.95 Å². The first-order valence-electron chi connectivity index (χ1n) is 11.7. The Bertz CT molecular complexity index is 1040. The van der Waals surface area contributed by atoms with Gasteiger partial charge in [0.1, 0.15) is 23.4 Å². The predicted molar refractivity (Wildman–Crippen MR) is 136 cm³/mol. The SMILES string of the molecule is Cc1ccc(Nc2cc(N(C)C)nc([N+](C)(c3ccc(C)cc3)C3CCCCC3)n2)cc1. The Morgan fingerprint density at radius 2 is 1.44 bits per heavy atom. The highest BCUT2D eigenvalue weighted by molar-refractivity contribution is 5.64. The van der Waals surface area contributed by atoms with Crippen molar-refractivity contribution in [1.82, 2.24) is 14.5 Å². The maximum Gasteiger partial charge on any atom is 0.338 e. The Labute approximate surface area is 192 Å². The third kappa shape index (κ3) is 4.63. The fourth-order valence-corrected chi connectivity index (χ4v) is 4.65. The number of hydrogen-bond donors (Lipinski definition) is 1. The van der Waals surface area contributed by atoms with Gasteiger partial charge in [0.15, 0.2) is 0 Å². The van der Waals surface area contributed by atoms with Crippen LogP contribution in [0.3, 0.4) is 0 Å². The molecule has 168 valence electrons. The molecule has 1 fully saturated rings. The molecule has 5 heteroatoms. The molecule has 1 heterocycles. The van der Waals surface area contributed by atoms with Gasteiger partial charge in [-0.3, -0.25) is 0 Å². The van der Waals surface area contributed by atoms with E-state index in [-0.39, 0.29) is 0 Å². The average Bonchev–Trinajstić information content (AvgIpc) is 2.81. The van der Waals surface area contributed by atoms with Crippen molar-refractivity contribution in [3.63, 3.8) is 0 Å². The number of rotatable bonds is 6. The molecule has 0 bridgehead atoms. The summed E-state index contributed by atoms with van der Waals surface area (Å²) in [7, 11) is 6.38. The second kappa shape index (κ2) is 9.29. The molecule has 5 nitrogen and oxygen atoms in total. The van der Waals surface area contributed by atoms with Gasteiger partial charge in [0.2, 0.25) is 0 Å². The van der Waals surface area contributed by atoms with Crippen LogP contribution in [0, 0.1) is 13.8 Å². The smallest absolute Gasteiger partial charge is 0.338 e. The molecule has 32 heavy (non-hydrogen) atoms. The van der Waals surface area contributed by atoms with E-state index in [1.165, 1.54) is 48.9 Å². The van der Waals surface area contributed by atoms with Crippen LogP contribution in [0.4, 0.5) is 29.0 Å². The van der Waals surface area contributed by atoms with E-state index in [1.54, 1.807) is 0 Å². The van der Waals surface area contributed by atoms with E-state index in [0.29, 0.717) is 10.5 Å². The zero-order valence-electron chi connectivity index (χ0n) is 20.1. The number of anilines is 3. The summed E-state index contributed by atoms with van der Waals surface area (Å²) in [5.74, 6) is 2.59. The summed E-state index contributed by atoms with van der Waals surface area (Å²) in [6, 6.07) is 19.8. The van der Waals surface area contributed by atoms with Gasteiger partial charge in [-0.15, -0.1) is 0 Å². The number of aromatic nitrogens is 2. The van der Waals surface area contributed by atoms with E-state index in [0.717, 1.165) is 23.3 Å². The standard InChI is InChI=1S/C27H36N5/c1-20-11-15-22(16-12-20)28-25-19-26(31(3)4)30-27(29-25)32(5,23-9-7-6-8-10-23)24-17-13-21(2)14-18-24/h11-19,23H,6-10H2,1-5H3,(H,28,29,30)/q+1. The Morgan fingerprint density at radius 1 is 0.844 bits per heavy atom. The third-order valence-electron chi connectivity index (χ3n) is 6.77. The van der Waals surface area contributed by atoms with E-state index in [2.05, 4.69) is 79.6 Å². The molecule has 2 aromatic carbocycles. The van der Waals surface area contributed by atoms with Crippen molar-refractivity contribution in [2.75, 3.05) is 31.4 Å². The summed E-state index contributed by atoms with van der Waals surface area (Å²) in [5.41, 5.74) is 4.80.